The summed E-state index contributed by atoms with van der Waals surface area (Å²) in [7, 11) is 3.60. The van der Waals surface area contributed by atoms with E-state index < -0.39 is 0 Å². The van der Waals surface area contributed by atoms with Crippen LogP contribution in [0.25, 0.3) is 0 Å². The number of thiol groups is 1. The van der Waals surface area contributed by atoms with Crippen molar-refractivity contribution in [3.05, 3.63) is 0 Å². The second-order valence-electron chi connectivity index (χ2n) is 3.82. The molecule has 13 heavy (non-hydrogen) atoms. The molecule has 0 aliphatic heterocycles. The molecule has 0 bridgehead atoms. The molecule has 0 aromatic carbocycles. The maximum absolute atomic E-state index is 11.6. The minimum atomic E-state index is 0.140. The average molecular weight is 203 g/mol. The van der Waals surface area contributed by atoms with E-state index in [1.165, 1.54) is 0 Å². The third kappa shape index (κ3) is 2.88. The fourth-order valence-corrected chi connectivity index (χ4v) is 2.02. The Bertz CT molecular complexity index is 184. The topological polar surface area (TPSA) is 29.5 Å². The van der Waals surface area contributed by atoms with Gasteiger partial charge in [-0.05, 0) is 32.2 Å². The molecule has 0 aromatic heterocycles. The Morgan fingerprint density at radius 3 is 2.69 bits per heavy atom. The van der Waals surface area contributed by atoms with Gasteiger partial charge in [-0.3, -0.25) is 4.79 Å². The lowest BCUT2D eigenvalue weighted by molar-refractivity contribution is -0.134. The molecule has 0 radical (unpaired) electrons. The Hall–Kier alpha value is -0.220. The van der Waals surface area contributed by atoms with Crippen LogP contribution in [0.2, 0.25) is 0 Å². The van der Waals surface area contributed by atoms with Crippen molar-refractivity contribution in [3.8, 4) is 0 Å². The second kappa shape index (κ2) is 4.86. The van der Waals surface area contributed by atoms with Crippen LogP contribution in [-0.4, -0.2) is 31.0 Å². The first kappa shape index (κ1) is 10.9. The van der Waals surface area contributed by atoms with Crippen LogP contribution < -0.4 is 0 Å². The predicted molar refractivity (Wildman–Crippen MR) is 54.5 cm³/mol. The van der Waals surface area contributed by atoms with E-state index in [1.807, 2.05) is 0 Å². The summed E-state index contributed by atoms with van der Waals surface area (Å²) in [5.74, 6) is 0.357. The van der Waals surface area contributed by atoms with Gasteiger partial charge >= 0.3 is 0 Å². The monoisotopic (exact) mass is 203 g/mol. The quantitative estimate of drug-likeness (QED) is 0.544. The Balaban J connectivity index is 2.46. The SMILES string of the molecule is CN(C)C(=O)[C@@H]1CCC[C@@H](OS)C1. The van der Waals surface area contributed by atoms with Gasteiger partial charge in [0.05, 0.1) is 6.10 Å². The number of carbonyl (C=O) groups is 1. The van der Waals surface area contributed by atoms with E-state index in [2.05, 4.69) is 12.9 Å². The summed E-state index contributed by atoms with van der Waals surface area (Å²) in [6.45, 7) is 0. The maximum atomic E-state index is 11.6. The van der Waals surface area contributed by atoms with Gasteiger partial charge in [-0.2, -0.15) is 0 Å². The molecule has 3 nitrogen and oxygen atoms in total. The molecule has 76 valence electrons. The number of amides is 1. The average Bonchev–Trinajstić information content (AvgIpc) is 2.16. The molecule has 0 heterocycles. The Labute approximate surface area is 85.1 Å². The smallest absolute Gasteiger partial charge is 0.225 e. The number of hydrogen-bond donors (Lipinski definition) is 1. The molecular formula is C9H17NO2S. The third-order valence-electron chi connectivity index (χ3n) is 2.57. The summed E-state index contributed by atoms with van der Waals surface area (Å²) in [6.07, 6.45) is 4.06. The zero-order chi connectivity index (χ0) is 9.84. The molecule has 2 atom stereocenters. The van der Waals surface area contributed by atoms with Gasteiger partial charge in [0.25, 0.3) is 0 Å². The van der Waals surface area contributed by atoms with Crippen LogP contribution in [0.3, 0.4) is 0 Å². The van der Waals surface area contributed by atoms with Gasteiger partial charge in [0.2, 0.25) is 5.91 Å². The van der Waals surface area contributed by atoms with Crippen molar-refractivity contribution in [2.24, 2.45) is 5.92 Å². The van der Waals surface area contributed by atoms with Crippen molar-refractivity contribution in [1.29, 1.82) is 0 Å². The summed E-state index contributed by atoms with van der Waals surface area (Å²) in [6, 6.07) is 0. The summed E-state index contributed by atoms with van der Waals surface area (Å²) < 4.78 is 4.97. The summed E-state index contributed by atoms with van der Waals surface area (Å²) >= 11 is 3.80. The molecule has 0 saturated heterocycles. The van der Waals surface area contributed by atoms with E-state index in [-0.39, 0.29) is 17.9 Å². The van der Waals surface area contributed by atoms with E-state index >= 15 is 0 Å². The molecule has 1 fully saturated rings. The normalized spacial score (nSPS) is 28.5. The van der Waals surface area contributed by atoms with Crippen molar-refractivity contribution in [1.82, 2.24) is 4.90 Å². The summed E-state index contributed by atoms with van der Waals surface area (Å²) in [5.41, 5.74) is 0. The second-order valence-corrected chi connectivity index (χ2v) is 4.03. The van der Waals surface area contributed by atoms with Gasteiger partial charge < -0.3 is 9.08 Å². The molecule has 1 amide bonds. The highest BCUT2D eigenvalue weighted by Gasteiger charge is 2.28. The first-order chi connectivity index (χ1) is 6.15. The van der Waals surface area contributed by atoms with Crippen molar-refractivity contribution in [2.75, 3.05) is 14.1 Å². The first-order valence-corrected chi connectivity index (χ1v) is 5.03. The van der Waals surface area contributed by atoms with Crippen LogP contribution in [-0.2, 0) is 8.98 Å². The molecule has 1 saturated carbocycles. The van der Waals surface area contributed by atoms with E-state index in [1.54, 1.807) is 19.0 Å². The van der Waals surface area contributed by atoms with Crippen molar-refractivity contribution in [2.45, 2.75) is 31.8 Å². The number of hydrogen-bond acceptors (Lipinski definition) is 3. The van der Waals surface area contributed by atoms with E-state index in [0.717, 1.165) is 25.7 Å². The lowest BCUT2D eigenvalue weighted by Crippen LogP contribution is -2.34. The minimum absolute atomic E-state index is 0.140. The lowest BCUT2D eigenvalue weighted by atomic mass is 9.86. The third-order valence-corrected chi connectivity index (χ3v) is 2.86. The molecule has 0 N–H and O–H groups in total. The zero-order valence-corrected chi connectivity index (χ0v) is 9.09. The fraction of sp³-hybridized carbons (Fsp3) is 0.889. The van der Waals surface area contributed by atoms with Crippen LogP contribution in [0.4, 0.5) is 0 Å². The molecule has 4 heteroatoms. The highest BCUT2D eigenvalue weighted by Crippen LogP contribution is 2.27. The van der Waals surface area contributed by atoms with E-state index in [4.69, 9.17) is 4.18 Å². The van der Waals surface area contributed by atoms with Gasteiger partial charge in [0, 0.05) is 20.0 Å². The first-order valence-electron chi connectivity index (χ1n) is 4.66. The zero-order valence-electron chi connectivity index (χ0n) is 8.19. The Morgan fingerprint density at radius 2 is 2.15 bits per heavy atom. The predicted octanol–water partition coefficient (Wildman–Crippen LogP) is 1.49. The molecule has 0 aromatic rings. The highest BCUT2D eigenvalue weighted by atomic mass is 32.1. The number of rotatable bonds is 2. The van der Waals surface area contributed by atoms with Gasteiger partial charge in [-0.15, -0.1) is 0 Å². The molecule has 1 aliphatic carbocycles. The van der Waals surface area contributed by atoms with Gasteiger partial charge in [0.1, 0.15) is 0 Å². The fourth-order valence-electron chi connectivity index (χ4n) is 1.83. The van der Waals surface area contributed by atoms with Crippen molar-refractivity contribution in [3.63, 3.8) is 0 Å². The number of carbonyl (C=O) groups excluding carboxylic acids is 1. The van der Waals surface area contributed by atoms with Gasteiger partial charge in [0.15, 0.2) is 0 Å². The molecule has 0 spiro atoms. The molecule has 1 rings (SSSR count). The summed E-state index contributed by atoms with van der Waals surface area (Å²) in [5, 5.41) is 0. The molecule has 0 unspecified atom stereocenters. The number of nitrogens with zero attached hydrogens (tertiary/aromatic N) is 1. The van der Waals surface area contributed by atoms with E-state index in [9.17, 15) is 4.79 Å². The maximum Gasteiger partial charge on any atom is 0.225 e. The van der Waals surface area contributed by atoms with Gasteiger partial charge in [-0.25, -0.2) is 0 Å². The molecule has 1 aliphatic rings. The Morgan fingerprint density at radius 1 is 1.46 bits per heavy atom. The van der Waals surface area contributed by atoms with Crippen LogP contribution in [0.5, 0.6) is 0 Å². The van der Waals surface area contributed by atoms with Crippen LogP contribution in [0, 0.1) is 5.92 Å². The molecular weight excluding hydrogens is 186 g/mol. The van der Waals surface area contributed by atoms with Crippen LogP contribution in [0.15, 0.2) is 0 Å². The lowest BCUT2D eigenvalue weighted by Gasteiger charge is -2.28. The summed E-state index contributed by atoms with van der Waals surface area (Å²) in [4.78, 5) is 13.3. The van der Waals surface area contributed by atoms with Crippen LogP contribution >= 0.6 is 12.9 Å². The van der Waals surface area contributed by atoms with Crippen LogP contribution in [0.1, 0.15) is 25.7 Å². The minimum Gasteiger partial charge on any atom is -0.349 e. The van der Waals surface area contributed by atoms with Crippen molar-refractivity contribution >= 4 is 18.8 Å². The van der Waals surface area contributed by atoms with E-state index in [0.29, 0.717) is 0 Å². The van der Waals surface area contributed by atoms with Gasteiger partial charge in [-0.1, -0.05) is 6.42 Å². The van der Waals surface area contributed by atoms with Crippen molar-refractivity contribution < 1.29 is 8.98 Å². The largest absolute Gasteiger partial charge is 0.349 e. The highest BCUT2D eigenvalue weighted by molar-refractivity contribution is 7.75. The standard InChI is InChI=1S/C9H17NO2S/c1-10(2)9(11)7-4-3-5-8(6-7)12-13/h7-8,13H,3-6H2,1-2H3/t7-,8-/m1/s1. The Kier molecular flexibility index (Phi) is 4.06.